The van der Waals surface area contributed by atoms with Gasteiger partial charge in [0.2, 0.25) is 18.2 Å². The zero-order valence-corrected chi connectivity index (χ0v) is 34.9. The molecule has 5 aromatic rings. The van der Waals surface area contributed by atoms with Gasteiger partial charge in [-0.3, -0.25) is 19.4 Å². The first-order valence-electron chi connectivity index (χ1n) is 21.8. The Bertz CT molecular complexity index is 2390. The first-order valence-corrected chi connectivity index (χ1v) is 21.8. The Morgan fingerprint density at radius 2 is 1.24 bits per heavy atom. The molecule has 0 unspecified atom stereocenters. The van der Waals surface area contributed by atoms with E-state index in [0.29, 0.717) is 58.8 Å². The number of amides is 4. The zero-order chi connectivity index (χ0) is 42.6. The molecule has 0 aliphatic carbocycles. The Kier molecular flexibility index (Phi) is 12.3. The maximum absolute atomic E-state index is 14.0. The molecule has 2 aromatic carbocycles. The number of aromatic amines is 2. The summed E-state index contributed by atoms with van der Waals surface area (Å²) in [4.78, 5) is 76.5. The Morgan fingerprint density at radius 3 is 1.84 bits per heavy atom. The molecular formula is C46H53N9O7. The van der Waals surface area contributed by atoms with Crippen LogP contribution in [0.3, 0.4) is 0 Å². The molecule has 4 atom stereocenters. The summed E-state index contributed by atoms with van der Waals surface area (Å²) < 4.78 is 15.9. The molecule has 4 aliphatic heterocycles. The number of ether oxygens (including phenoxy) is 3. The maximum Gasteiger partial charge on any atom is 0.407 e. The molecule has 4 amide bonds. The summed E-state index contributed by atoms with van der Waals surface area (Å²) in [6.45, 7) is 3.51. The number of likely N-dealkylation sites (tertiary alicyclic amines) is 2. The van der Waals surface area contributed by atoms with Gasteiger partial charge in [-0.2, -0.15) is 0 Å². The van der Waals surface area contributed by atoms with Crippen LogP contribution in [0.15, 0.2) is 67.1 Å². The van der Waals surface area contributed by atoms with Gasteiger partial charge in [0.05, 0.1) is 48.5 Å². The second kappa shape index (κ2) is 18.5. The summed E-state index contributed by atoms with van der Waals surface area (Å²) in [5.41, 5.74) is 6.49. The SMILES string of the molecule is COC(=O)N[C@H](C(=O)N1CCC[C@H]1c1ncc(-c2ccc(-c3ccc4cc(-c5cnc([C@@H]6CCCN6C(=O)[C@@H](NC=O)C6CCOCC6)[nH]5)cnc4c3)cc2)[nH]1)C1CCOCC1. The predicted molar refractivity (Wildman–Crippen MR) is 229 cm³/mol. The Hall–Kier alpha value is -6.13. The van der Waals surface area contributed by atoms with Crippen LogP contribution in [0.2, 0.25) is 0 Å². The van der Waals surface area contributed by atoms with E-state index in [0.717, 1.165) is 94.7 Å². The van der Waals surface area contributed by atoms with Crippen molar-refractivity contribution in [3.8, 4) is 33.6 Å². The van der Waals surface area contributed by atoms with Gasteiger partial charge in [-0.15, -0.1) is 0 Å². The molecule has 0 bridgehead atoms. The molecule has 16 nitrogen and oxygen atoms in total. The van der Waals surface area contributed by atoms with Gasteiger partial charge in [0, 0.05) is 56.7 Å². The Labute approximate surface area is 359 Å². The summed E-state index contributed by atoms with van der Waals surface area (Å²) in [5, 5.41) is 6.61. The molecule has 0 radical (unpaired) electrons. The van der Waals surface area contributed by atoms with Crippen molar-refractivity contribution in [1.82, 2.24) is 45.4 Å². The summed E-state index contributed by atoms with van der Waals surface area (Å²) >= 11 is 0. The van der Waals surface area contributed by atoms with Crippen LogP contribution in [0.25, 0.3) is 44.5 Å². The molecule has 0 saturated carbocycles. The topological polar surface area (TPSA) is 197 Å². The highest BCUT2D eigenvalue weighted by Gasteiger charge is 2.41. The highest BCUT2D eigenvalue weighted by Crippen LogP contribution is 2.36. The number of rotatable bonds is 12. The number of methoxy groups -OCH3 is 1. The van der Waals surface area contributed by atoms with Crippen molar-refractivity contribution in [1.29, 1.82) is 0 Å². The van der Waals surface area contributed by atoms with Crippen molar-refractivity contribution in [3.05, 3.63) is 78.8 Å². The number of imidazole rings is 2. The van der Waals surface area contributed by atoms with Gasteiger partial charge >= 0.3 is 6.09 Å². The van der Waals surface area contributed by atoms with Crippen molar-refractivity contribution in [2.75, 3.05) is 46.6 Å². The molecular weight excluding hydrogens is 791 g/mol. The normalized spacial score (nSPS) is 20.9. The number of alkyl carbamates (subject to hydrolysis) is 1. The molecule has 0 spiro atoms. The lowest BCUT2D eigenvalue weighted by molar-refractivity contribution is -0.138. The van der Waals surface area contributed by atoms with E-state index in [2.05, 4.69) is 69.1 Å². The van der Waals surface area contributed by atoms with Crippen molar-refractivity contribution < 1.29 is 33.4 Å². The smallest absolute Gasteiger partial charge is 0.407 e. The van der Waals surface area contributed by atoms with E-state index in [1.807, 2.05) is 22.2 Å². The lowest BCUT2D eigenvalue weighted by Crippen LogP contribution is -2.53. The highest BCUT2D eigenvalue weighted by molar-refractivity contribution is 5.88. The number of H-pyrrole nitrogens is 2. The lowest BCUT2D eigenvalue weighted by atomic mass is 9.90. The van der Waals surface area contributed by atoms with Crippen LogP contribution in [-0.2, 0) is 28.6 Å². The van der Waals surface area contributed by atoms with Gasteiger partial charge in [0.15, 0.2) is 0 Å². The minimum atomic E-state index is -0.686. The summed E-state index contributed by atoms with van der Waals surface area (Å²) in [6, 6.07) is 14.9. The van der Waals surface area contributed by atoms with Gasteiger partial charge in [-0.05, 0) is 92.0 Å². The number of hydrogen-bond acceptors (Lipinski definition) is 10. The van der Waals surface area contributed by atoms with E-state index in [4.69, 9.17) is 29.2 Å². The number of aromatic nitrogens is 5. The quantitative estimate of drug-likeness (QED) is 0.113. The summed E-state index contributed by atoms with van der Waals surface area (Å²) in [7, 11) is 1.31. The van der Waals surface area contributed by atoms with Crippen molar-refractivity contribution in [2.45, 2.75) is 75.5 Å². The van der Waals surface area contributed by atoms with Crippen LogP contribution < -0.4 is 10.6 Å². The number of pyridine rings is 1. The molecule has 4 aliphatic rings. The summed E-state index contributed by atoms with van der Waals surface area (Å²) in [6.07, 6.45) is 11.6. The average molecular weight is 844 g/mol. The molecule has 4 fully saturated rings. The van der Waals surface area contributed by atoms with Gasteiger partial charge in [0.1, 0.15) is 23.7 Å². The van der Waals surface area contributed by atoms with E-state index in [-0.39, 0.29) is 35.7 Å². The predicted octanol–water partition coefficient (Wildman–Crippen LogP) is 5.70. The van der Waals surface area contributed by atoms with E-state index in [9.17, 15) is 19.2 Å². The zero-order valence-electron chi connectivity index (χ0n) is 34.9. The van der Waals surface area contributed by atoms with Crippen molar-refractivity contribution in [2.24, 2.45) is 11.8 Å². The molecule has 16 heteroatoms. The first-order chi connectivity index (χ1) is 30.4. The number of hydrogen-bond donors (Lipinski definition) is 4. The fourth-order valence-corrected chi connectivity index (χ4v) is 9.73. The van der Waals surface area contributed by atoms with Gasteiger partial charge < -0.3 is 44.6 Å². The van der Waals surface area contributed by atoms with Crippen LogP contribution >= 0.6 is 0 Å². The van der Waals surface area contributed by atoms with Gasteiger partial charge in [-0.25, -0.2) is 14.8 Å². The van der Waals surface area contributed by atoms with Crippen molar-refractivity contribution >= 4 is 35.2 Å². The minimum Gasteiger partial charge on any atom is -0.453 e. The Morgan fingerprint density at radius 1 is 0.694 bits per heavy atom. The molecule has 324 valence electrons. The Balaban J connectivity index is 0.862. The van der Waals surface area contributed by atoms with E-state index >= 15 is 0 Å². The van der Waals surface area contributed by atoms with Gasteiger partial charge in [-0.1, -0.05) is 36.4 Å². The second-order valence-electron chi connectivity index (χ2n) is 16.7. The van der Waals surface area contributed by atoms with Crippen LogP contribution in [0.1, 0.15) is 75.1 Å². The van der Waals surface area contributed by atoms with Crippen LogP contribution in [0.4, 0.5) is 4.79 Å². The lowest BCUT2D eigenvalue weighted by Gasteiger charge is -2.34. The van der Waals surface area contributed by atoms with E-state index in [1.165, 1.54) is 7.11 Å². The third-order valence-electron chi connectivity index (χ3n) is 13.1. The number of fused-ring (bicyclic) bond motifs is 1. The largest absolute Gasteiger partial charge is 0.453 e. The minimum absolute atomic E-state index is 0.0289. The number of carbonyl (C=O) groups is 4. The first kappa shape index (κ1) is 41.2. The fourth-order valence-electron chi connectivity index (χ4n) is 9.73. The molecule has 3 aromatic heterocycles. The third kappa shape index (κ3) is 8.53. The monoisotopic (exact) mass is 843 g/mol. The van der Waals surface area contributed by atoms with Crippen LogP contribution in [-0.4, -0.2) is 118 Å². The summed E-state index contributed by atoms with van der Waals surface area (Å²) in [5.74, 6) is 1.29. The fraction of sp³-hybridized carbons (Fsp3) is 0.457. The molecule has 4 saturated heterocycles. The average Bonchev–Trinajstić information content (AvgIpc) is 4.17. The molecule has 62 heavy (non-hydrogen) atoms. The van der Waals surface area contributed by atoms with E-state index in [1.54, 1.807) is 6.20 Å². The van der Waals surface area contributed by atoms with E-state index < -0.39 is 18.2 Å². The molecule has 7 heterocycles. The molecule has 9 rings (SSSR count). The standard InChI is InChI=1S/C46H53N9O7/c1-60-46(59)53-41(31-14-20-62-21-15-31)45(58)55-17-3-5-39(55)42-48-25-36(51-42)29-8-6-28(7-9-29)32-10-11-33-22-34(24-47-35(33)23-32)37-26-49-43(52-37)38-4-2-16-54(38)44(57)40(50-27-56)30-12-18-61-19-13-30/h6-11,22-27,30-31,38-41H,2-5,12-21H2,1H3,(H,48,51)(H,49,52)(H,50,56)(H,53,59)/t38-,39-,40-,41-/m0/s1. The number of carbonyl (C=O) groups excluding carboxylic acids is 4. The van der Waals surface area contributed by atoms with Crippen molar-refractivity contribution in [3.63, 3.8) is 0 Å². The molecule has 4 N–H and O–H groups in total. The third-order valence-corrected chi connectivity index (χ3v) is 13.1. The highest BCUT2D eigenvalue weighted by atomic mass is 16.5. The number of nitrogens with one attached hydrogen (secondary N) is 4. The second-order valence-corrected chi connectivity index (χ2v) is 16.7. The van der Waals surface area contributed by atoms with Crippen LogP contribution in [0.5, 0.6) is 0 Å². The number of nitrogens with zero attached hydrogens (tertiary/aromatic N) is 5. The van der Waals surface area contributed by atoms with Gasteiger partial charge in [0.25, 0.3) is 0 Å². The van der Waals surface area contributed by atoms with Crippen LogP contribution in [0, 0.1) is 11.8 Å². The maximum atomic E-state index is 14.0. The number of benzene rings is 2.